The van der Waals surface area contributed by atoms with E-state index < -0.39 is 0 Å². The molecule has 1 aromatic rings. The predicted octanol–water partition coefficient (Wildman–Crippen LogP) is 2.97. The SMILES string of the molecule is COCCCNC(=O)CCSc1ccccc1Cl. The number of hydrogen-bond acceptors (Lipinski definition) is 3. The highest BCUT2D eigenvalue weighted by atomic mass is 35.5. The first-order valence-corrected chi connectivity index (χ1v) is 7.23. The maximum atomic E-state index is 11.5. The third kappa shape index (κ3) is 6.28. The Bertz CT molecular complexity index is 374. The van der Waals surface area contributed by atoms with Crippen LogP contribution in [0.3, 0.4) is 0 Å². The van der Waals surface area contributed by atoms with E-state index in [4.69, 9.17) is 16.3 Å². The van der Waals surface area contributed by atoms with Crippen LogP contribution in [0.1, 0.15) is 12.8 Å². The summed E-state index contributed by atoms with van der Waals surface area (Å²) in [6, 6.07) is 7.66. The third-order valence-electron chi connectivity index (χ3n) is 2.27. The summed E-state index contributed by atoms with van der Waals surface area (Å²) >= 11 is 7.62. The van der Waals surface area contributed by atoms with Crippen LogP contribution in [0.15, 0.2) is 29.2 Å². The summed E-state index contributed by atoms with van der Waals surface area (Å²) in [5.41, 5.74) is 0. The van der Waals surface area contributed by atoms with Crippen molar-refractivity contribution in [2.45, 2.75) is 17.7 Å². The van der Waals surface area contributed by atoms with Crippen molar-refractivity contribution < 1.29 is 9.53 Å². The first kappa shape index (κ1) is 15.3. The van der Waals surface area contributed by atoms with Crippen LogP contribution >= 0.6 is 23.4 Å². The van der Waals surface area contributed by atoms with Gasteiger partial charge in [-0.2, -0.15) is 0 Å². The lowest BCUT2D eigenvalue weighted by Crippen LogP contribution is -2.25. The summed E-state index contributed by atoms with van der Waals surface area (Å²) in [6.45, 7) is 1.35. The lowest BCUT2D eigenvalue weighted by molar-refractivity contribution is -0.120. The molecule has 0 aliphatic carbocycles. The molecule has 5 heteroatoms. The van der Waals surface area contributed by atoms with Gasteiger partial charge in [-0.3, -0.25) is 4.79 Å². The van der Waals surface area contributed by atoms with Crippen LogP contribution in [0.5, 0.6) is 0 Å². The van der Waals surface area contributed by atoms with Crippen LogP contribution in [0, 0.1) is 0 Å². The van der Waals surface area contributed by atoms with Crippen molar-refractivity contribution in [1.82, 2.24) is 5.32 Å². The van der Waals surface area contributed by atoms with Crippen LogP contribution in [-0.4, -0.2) is 31.9 Å². The molecule has 1 N–H and O–H groups in total. The minimum atomic E-state index is 0.0747. The Hall–Kier alpha value is -0.710. The number of rotatable bonds is 8. The Morgan fingerprint density at radius 3 is 2.94 bits per heavy atom. The maximum Gasteiger partial charge on any atom is 0.220 e. The molecule has 1 aromatic carbocycles. The van der Waals surface area contributed by atoms with E-state index in [0.29, 0.717) is 19.6 Å². The van der Waals surface area contributed by atoms with Crippen molar-refractivity contribution in [2.75, 3.05) is 26.0 Å². The van der Waals surface area contributed by atoms with E-state index in [0.717, 1.165) is 22.1 Å². The number of amides is 1. The number of ether oxygens (including phenoxy) is 1. The summed E-state index contributed by atoms with van der Waals surface area (Å²) in [4.78, 5) is 12.5. The number of benzene rings is 1. The molecule has 0 aliphatic heterocycles. The van der Waals surface area contributed by atoms with Crippen molar-refractivity contribution >= 4 is 29.3 Å². The zero-order valence-electron chi connectivity index (χ0n) is 10.4. The summed E-state index contributed by atoms with van der Waals surface area (Å²) < 4.78 is 4.91. The molecule has 0 fully saturated rings. The van der Waals surface area contributed by atoms with Gasteiger partial charge in [-0.25, -0.2) is 0 Å². The number of hydrogen-bond donors (Lipinski definition) is 1. The van der Waals surface area contributed by atoms with Gasteiger partial charge in [-0.15, -0.1) is 11.8 Å². The molecular weight excluding hydrogens is 270 g/mol. The van der Waals surface area contributed by atoms with Gasteiger partial charge < -0.3 is 10.1 Å². The maximum absolute atomic E-state index is 11.5. The second-order valence-corrected chi connectivity index (χ2v) is 5.27. The average Bonchev–Trinajstić information content (AvgIpc) is 2.37. The van der Waals surface area contributed by atoms with E-state index in [9.17, 15) is 4.79 Å². The molecule has 1 amide bonds. The molecule has 1 rings (SSSR count). The molecular formula is C13H18ClNO2S. The van der Waals surface area contributed by atoms with Crippen LogP contribution in [-0.2, 0) is 9.53 Å². The Kier molecular flexibility index (Phi) is 7.89. The number of halogens is 1. The Labute approximate surface area is 117 Å². The van der Waals surface area contributed by atoms with Gasteiger partial charge in [0.2, 0.25) is 5.91 Å². The Balaban J connectivity index is 2.14. The van der Waals surface area contributed by atoms with Gasteiger partial charge >= 0.3 is 0 Å². The van der Waals surface area contributed by atoms with Crippen molar-refractivity contribution in [2.24, 2.45) is 0 Å². The molecule has 0 aliphatic rings. The van der Waals surface area contributed by atoms with Gasteiger partial charge in [0, 0.05) is 37.3 Å². The highest BCUT2D eigenvalue weighted by Gasteiger charge is 2.03. The van der Waals surface area contributed by atoms with Crippen LogP contribution in [0.25, 0.3) is 0 Å². The minimum Gasteiger partial charge on any atom is -0.385 e. The Morgan fingerprint density at radius 1 is 1.44 bits per heavy atom. The monoisotopic (exact) mass is 287 g/mol. The minimum absolute atomic E-state index is 0.0747. The zero-order chi connectivity index (χ0) is 13.2. The third-order valence-corrected chi connectivity index (χ3v) is 3.79. The molecule has 0 unspecified atom stereocenters. The fourth-order valence-electron chi connectivity index (χ4n) is 1.35. The van der Waals surface area contributed by atoms with E-state index in [-0.39, 0.29) is 5.91 Å². The molecule has 0 saturated carbocycles. The lowest BCUT2D eigenvalue weighted by atomic mass is 10.4. The number of thioether (sulfide) groups is 1. The Morgan fingerprint density at radius 2 is 2.22 bits per heavy atom. The molecule has 100 valence electrons. The van der Waals surface area contributed by atoms with Gasteiger partial charge in [0.15, 0.2) is 0 Å². The number of carbonyl (C=O) groups excluding carboxylic acids is 1. The fraction of sp³-hybridized carbons (Fsp3) is 0.462. The molecule has 0 radical (unpaired) electrons. The van der Waals surface area contributed by atoms with E-state index in [1.54, 1.807) is 18.9 Å². The molecule has 0 spiro atoms. The van der Waals surface area contributed by atoms with Gasteiger partial charge in [0.1, 0.15) is 0 Å². The topological polar surface area (TPSA) is 38.3 Å². The van der Waals surface area contributed by atoms with Crippen molar-refractivity contribution in [3.63, 3.8) is 0 Å². The first-order chi connectivity index (χ1) is 8.74. The largest absolute Gasteiger partial charge is 0.385 e. The standard InChI is InChI=1S/C13H18ClNO2S/c1-17-9-4-8-15-13(16)7-10-18-12-6-3-2-5-11(12)14/h2-3,5-6H,4,7-10H2,1H3,(H,15,16). The summed E-state index contributed by atoms with van der Waals surface area (Å²) in [5, 5.41) is 3.59. The molecule has 0 saturated heterocycles. The van der Waals surface area contributed by atoms with Gasteiger partial charge in [-0.1, -0.05) is 23.7 Å². The molecule has 0 aromatic heterocycles. The van der Waals surface area contributed by atoms with Gasteiger partial charge in [0.25, 0.3) is 0 Å². The number of carbonyl (C=O) groups is 1. The molecule has 0 atom stereocenters. The smallest absolute Gasteiger partial charge is 0.220 e. The zero-order valence-corrected chi connectivity index (χ0v) is 12.0. The van der Waals surface area contributed by atoms with Crippen LogP contribution in [0.4, 0.5) is 0 Å². The summed E-state index contributed by atoms with van der Waals surface area (Å²) in [7, 11) is 1.65. The highest BCUT2D eigenvalue weighted by Crippen LogP contribution is 2.26. The molecule has 18 heavy (non-hydrogen) atoms. The van der Waals surface area contributed by atoms with Gasteiger partial charge in [-0.05, 0) is 18.6 Å². The second-order valence-electron chi connectivity index (χ2n) is 3.73. The normalized spacial score (nSPS) is 10.3. The van der Waals surface area contributed by atoms with E-state index in [1.807, 2.05) is 24.3 Å². The van der Waals surface area contributed by atoms with Crippen molar-refractivity contribution in [1.29, 1.82) is 0 Å². The molecule has 0 bridgehead atoms. The van der Waals surface area contributed by atoms with Crippen LogP contribution < -0.4 is 5.32 Å². The molecule has 0 heterocycles. The van der Waals surface area contributed by atoms with Gasteiger partial charge in [0.05, 0.1) is 5.02 Å². The quantitative estimate of drug-likeness (QED) is 0.590. The number of methoxy groups -OCH3 is 1. The first-order valence-electron chi connectivity index (χ1n) is 5.87. The highest BCUT2D eigenvalue weighted by molar-refractivity contribution is 7.99. The van der Waals surface area contributed by atoms with Crippen molar-refractivity contribution in [3.8, 4) is 0 Å². The second kappa shape index (κ2) is 9.25. The fourth-order valence-corrected chi connectivity index (χ4v) is 2.54. The van der Waals surface area contributed by atoms with Crippen molar-refractivity contribution in [3.05, 3.63) is 29.3 Å². The number of nitrogens with one attached hydrogen (secondary N) is 1. The lowest BCUT2D eigenvalue weighted by Gasteiger charge is -2.05. The van der Waals surface area contributed by atoms with E-state index in [1.165, 1.54) is 0 Å². The molecule has 3 nitrogen and oxygen atoms in total. The average molecular weight is 288 g/mol. The van der Waals surface area contributed by atoms with Crippen LogP contribution in [0.2, 0.25) is 5.02 Å². The summed E-state index contributed by atoms with van der Waals surface area (Å²) in [6.07, 6.45) is 1.35. The summed E-state index contributed by atoms with van der Waals surface area (Å²) in [5.74, 6) is 0.811. The predicted molar refractivity (Wildman–Crippen MR) is 76.3 cm³/mol. The van der Waals surface area contributed by atoms with E-state index in [2.05, 4.69) is 5.32 Å². The van der Waals surface area contributed by atoms with E-state index >= 15 is 0 Å².